The number of sulfonamides is 1. The third-order valence-corrected chi connectivity index (χ3v) is 6.82. The summed E-state index contributed by atoms with van der Waals surface area (Å²) in [6.45, 7) is 5.32. The minimum Gasteiger partial charge on any atom is -0.366 e. The maximum atomic E-state index is 13.2. The Hall–Kier alpha value is -1.63. The van der Waals surface area contributed by atoms with Crippen molar-refractivity contribution in [3.63, 3.8) is 0 Å². The van der Waals surface area contributed by atoms with Crippen LogP contribution in [0, 0.1) is 12.7 Å². The van der Waals surface area contributed by atoms with E-state index < -0.39 is 15.8 Å². The fourth-order valence-corrected chi connectivity index (χ4v) is 5.10. The van der Waals surface area contributed by atoms with Crippen LogP contribution in [0.4, 0.5) is 10.1 Å². The molecule has 2 aromatic carbocycles. The highest BCUT2D eigenvalue weighted by atomic mass is 35.5. The molecule has 0 bridgehead atoms. The molecule has 2 aromatic rings. The van der Waals surface area contributed by atoms with Gasteiger partial charge in [-0.1, -0.05) is 29.3 Å². The smallest absolute Gasteiger partial charge is 0.244 e. The van der Waals surface area contributed by atoms with Gasteiger partial charge in [-0.25, -0.2) is 12.8 Å². The number of nitrogens with zero attached hydrogens (tertiary/aromatic N) is 2. The summed E-state index contributed by atoms with van der Waals surface area (Å²) < 4.78 is 40.3. The highest BCUT2D eigenvalue weighted by Crippen LogP contribution is 2.28. The van der Waals surface area contributed by atoms with Gasteiger partial charge in [-0.15, -0.1) is 0 Å². The van der Waals surface area contributed by atoms with Crippen LogP contribution in [0.5, 0.6) is 0 Å². The molecule has 0 saturated carbocycles. The van der Waals surface area contributed by atoms with E-state index >= 15 is 0 Å². The van der Waals surface area contributed by atoms with E-state index in [0.717, 1.165) is 17.8 Å². The van der Waals surface area contributed by atoms with Crippen molar-refractivity contribution in [1.82, 2.24) is 4.31 Å². The van der Waals surface area contributed by atoms with Gasteiger partial charge in [0.2, 0.25) is 10.0 Å². The minimum absolute atomic E-state index is 0.0189. The quantitative estimate of drug-likeness (QED) is 0.812. The van der Waals surface area contributed by atoms with Gasteiger partial charge in [-0.3, -0.25) is 0 Å². The summed E-state index contributed by atoms with van der Waals surface area (Å²) in [5.41, 5.74) is 2.26. The third kappa shape index (κ3) is 3.66. The summed E-state index contributed by atoms with van der Waals surface area (Å²) in [5, 5.41) is -0.0892. The Labute approximate surface area is 152 Å². The molecule has 1 unspecified atom stereocenters. The summed E-state index contributed by atoms with van der Waals surface area (Å²) in [6, 6.07) is 11.6. The van der Waals surface area contributed by atoms with Gasteiger partial charge in [-0.2, -0.15) is 4.31 Å². The van der Waals surface area contributed by atoms with Crippen LogP contribution in [0.2, 0.25) is 5.02 Å². The number of hydrogen-bond donors (Lipinski definition) is 0. The van der Waals surface area contributed by atoms with Crippen LogP contribution in [-0.2, 0) is 10.0 Å². The molecule has 7 heteroatoms. The Morgan fingerprint density at radius 3 is 2.40 bits per heavy atom. The van der Waals surface area contributed by atoms with Crippen LogP contribution in [0.1, 0.15) is 12.5 Å². The molecule has 0 aliphatic carbocycles. The Balaban J connectivity index is 1.81. The van der Waals surface area contributed by atoms with E-state index in [-0.39, 0.29) is 16.0 Å². The Morgan fingerprint density at radius 2 is 1.80 bits per heavy atom. The van der Waals surface area contributed by atoms with Gasteiger partial charge in [0.15, 0.2) is 0 Å². The molecule has 1 atom stereocenters. The molecule has 0 N–H and O–H groups in total. The number of aryl methyl sites for hydroxylation is 1. The molecule has 1 heterocycles. The number of halogens is 2. The molecule has 0 aromatic heterocycles. The minimum atomic E-state index is -3.75. The van der Waals surface area contributed by atoms with Gasteiger partial charge in [0.05, 0.1) is 5.02 Å². The molecule has 1 saturated heterocycles. The van der Waals surface area contributed by atoms with E-state index in [9.17, 15) is 12.8 Å². The summed E-state index contributed by atoms with van der Waals surface area (Å²) in [6.07, 6.45) is 0. The van der Waals surface area contributed by atoms with Crippen LogP contribution in [0.25, 0.3) is 0 Å². The predicted octanol–water partition coefficient (Wildman–Crippen LogP) is 3.69. The van der Waals surface area contributed by atoms with Crippen molar-refractivity contribution in [2.24, 2.45) is 0 Å². The first-order valence-corrected chi connectivity index (χ1v) is 9.89. The zero-order chi connectivity index (χ0) is 18.2. The number of hydrogen-bond acceptors (Lipinski definition) is 3. The number of rotatable bonds is 3. The standard InChI is InChI=1S/C18H20ClFN2O2S/c1-13-3-6-16(7-4-13)22-10-9-21(12-14(22)2)25(23,24)18-8-5-15(20)11-17(18)19/h3-8,11,14H,9-10,12H2,1-2H3. The topological polar surface area (TPSA) is 40.6 Å². The lowest BCUT2D eigenvalue weighted by atomic mass is 10.1. The van der Waals surface area contributed by atoms with Gasteiger partial charge in [0, 0.05) is 31.4 Å². The van der Waals surface area contributed by atoms with Crippen molar-refractivity contribution in [2.75, 3.05) is 24.5 Å². The van der Waals surface area contributed by atoms with Gasteiger partial charge in [0.1, 0.15) is 10.7 Å². The van der Waals surface area contributed by atoms with Crippen molar-refractivity contribution < 1.29 is 12.8 Å². The first-order chi connectivity index (χ1) is 11.8. The second-order valence-electron chi connectivity index (χ2n) is 6.32. The van der Waals surface area contributed by atoms with Crippen molar-refractivity contribution in [3.8, 4) is 0 Å². The van der Waals surface area contributed by atoms with Gasteiger partial charge in [0.25, 0.3) is 0 Å². The molecule has 0 spiro atoms. The summed E-state index contributed by atoms with van der Waals surface area (Å²) >= 11 is 5.95. The van der Waals surface area contributed by atoms with Crippen molar-refractivity contribution in [3.05, 3.63) is 58.9 Å². The van der Waals surface area contributed by atoms with E-state index in [1.165, 1.54) is 15.9 Å². The lowest BCUT2D eigenvalue weighted by Gasteiger charge is -2.40. The number of piperazine rings is 1. The van der Waals surface area contributed by atoms with Gasteiger partial charge >= 0.3 is 0 Å². The molecule has 0 amide bonds. The Kier molecular flexibility index (Phi) is 5.04. The van der Waals surface area contributed by atoms with Crippen molar-refractivity contribution >= 4 is 27.3 Å². The molecule has 3 rings (SSSR count). The van der Waals surface area contributed by atoms with Crippen LogP contribution < -0.4 is 4.90 Å². The van der Waals surface area contributed by atoms with Crippen LogP contribution in [0.3, 0.4) is 0 Å². The Bertz CT molecular complexity index is 871. The van der Waals surface area contributed by atoms with E-state index in [0.29, 0.717) is 19.6 Å². The monoisotopic (exact) mass is 382 g/mol. The molecule has 1 aliphatic rings. The summed E-state index contributed by atoms with van der Waals surface area (Å²) in [7, 11) is -3.75. The average Bonchev–Trinajstić information content (AvgIpc) is 2.55. The molecule has 134 valence electrons. The van der Waals surface area contributed by atoms with Crippen LogP contribution in [-0.4, -0.2) is 38.4 Å². The van der Waals surface area contributed by atoms with Gasteiger partial charge in [-0.05, 0) is 44.2 Å². The second kappa shape index (κ2) is 6.94. The highest BCUT2D eigenvalue weighted by Gasteiger charge is 2.33. The molecule has 1 aliphatic heterocycles. The first-order valence-electron chi connectivity index (χ1n) is 8.07. The predicted molar refractivity (Wildman–Crippen MR) is 98.2 cm³/mol. The zero-order valence-electron chi connectivity index (χ0n) is 14.1. The Morgan fingerprint density at radius 1 is 1.12 bits per heavy atom. The molecular weight excluding hydrogens is 363 g/mol. The highest BCUT2D eigenvalue weighted by molar-refractivity contribution is 7.89. The lowest BCUT2D eigenvalue weighted by molar-refractivity contribution is 0.342. The van der Waals surface area contributed by atoms with E-state index in [2.05, 4.69) is 4.90 Å². The number of anilines is 1. The lowest BCUT2D eigenvalue weighted by Crippen LogP contribution is -2.53. The second-order valence-corrected chi connectivity index (χ2v) is 8.63. The maximum absolute atomic E-state index is 13.2. The van der Waals surface area contributed by atoms with E-state index in [1.54, 1.807) is 0 Å². The molecule has 4 nitrogen and oxygen atoms in total. The summed E-state index contributed by atoms with van der Waals surface area (Å²) in [5.74, 6) is -0.554. The van der Waals surface area contributed by atoms with E-state index in [4.69, 9.17) is 11.6 Å². The maximum Gasteiger partial charge on any atom is 0.244 e. The molecule has 0 radical (unpaired) electrons. The molecular formula is C18H20ClFN2O2S. The average molecular weight is 383 g/mol. The fourth-order valence-electron chi connectivity index (χ4n) is 3.09. The van der Waals surface area contributed by atoms with Crippen LogP contribution >= 0.6 is 11.6 Å². The third-order valence-electron chi connectivity index (χ3n) is 4.47. The number of benzene rings is 2. The summed E-state index contributed by atoms with van der Waals surface area (Å²) in [4.78, 5) is 2.14. The van der Waals surface area contributed by atoms with Crippen LogP contribution in [0.15, 0.2) is 47.4 Å². The van der Waals surface area contributed by atoms with E-state index in [1.807, 2.05) is 38.1 Å². The largest absolute Gasteiger partial charge is 0.366 e. The molecule has 1 fully saturated rings. The zero-order valence-corrected chi connectivity index (χ0v) is 15.7. The van der Waals surface area contributed by atoms with Gasteiger partial charge < -0.3 is 4.90 Å². The normalized spacial score (nSPS) is 19.2. The SMILES string of the molecule is Cc1ccc(N2CCN(S(=O)(=O)c3ccc(F)cc3Cl)CC2C)cc1. The van der Waals surface area contributed by atoms with Crippen molar-refractivity contribution in [1.29, 1.82) is 0 Å². The first kappa shape index (κ1) is 18.2. The van der Waals surface area contributed by atoms with Crippen molar-refractivity contribution in [2.45, 2.75) is 24.8 Å². The fraction of sp³-hybridized carbons (Fsp3) is 0.333. The molecule has 25 heavy (non-hydrogen) atoms.